The number of hydrogen-bond acceptors (Lipinski definition) is 7. The first-order valence-corrected chi connectivity index (χ1v) is 9.90. The molecule has 4 aromatic rings. The van der Waals surface area contributed by atoms with Gasteiger partial charge in [-0.3, -0.25) is 4.98 Å². The lowest BCUT2D eigenvalue weighted by Gasteiger charge is -2.11. The Balaban J connectivity index is 1.52. The molecule has 0 aliphatic carbocycles. The minimum atomic E-state index is 0.574. The zero-order chi connectivity index (χ0) is 21.8. The molecule has 3 heterocycles. The second-order valence-electron chi connectivity index (χ2n) is 7.00. The van der Waals surface area contributed by atoms with E-state index in [2.05, 4.69) is 20.3 Å². The molecule has 8 heteroatoms. The Morgan fingerprint density at radius 1 is 0.935 bits per heavy atom. The van der Waals surface area contributed by atoms with Gasteiger partial charge in [-0.2, -0.15) is 0 Å². The Kier molecular flexibility index (Phi) is 5.88. The van der Waals surface area contributed by atoms with Gasteiger partial charge < -0.3 is 24.1 Å². The Bertz CT molecular complexity index is 1190. The van der Waals surface area contributed by atoms with E-state index in [-0.39, 0.29) is 0 Å². The van der Waals surface area contributed by atoms with Gasteiger partial charge in [0.05, 0.1) is 38.7 Å². The molecular weight excluding hydrogens is 394 g/mol. The summed E-state index contributed by atoms with van der Waals surface area (Å²) in [6, 6.07) is 11.6. The quantitative estimate of drug-likeness (QED) is 0.466. The van der Waals surface area contributed by atoms with Crippen LogP contribution in [0, 0.1) is 0 Å². The minimum absolute atomic E-state index is 0.574. The summed E-state index contributed by atoms with van der Waals surface area (Å²) in [5.41, 5.74) is 4.64. The average molecular weight is 419 g/mol. The van der Waals surface area contributed by atoms with E-state index in [1.165, 1.54) is 0 Å². The first-order valence-electron chi connectivity index (χ1n) is 9.90. The van der Waals surface area contributed by atoms with E-state index in [4.69, 9.17) is 14.2 Å². The minimum Gasteiger partial charge on any atom is -0.497 e. The van der Waals surface area contributed by atoms with Crippen LogP contribution in [-0.2, 0) is 13.5 Å². The van der Waals surface area contributed by atoms with Crippen molar-refractivity contribution in [2.75, 3.05) is 33.2 Å². The van der Waals surface area contributed by atoms with E-state index in [1.807, 2.05) is 48.0 Å². The van der Waals surface area contributed by atoms with Crippen molar-refractivity contribution in [3.05, 3.63) is 54.4 Å². The lowest BCUT2D eigenvalue weighted by molar-refractivity contribution is 0.398. The smallest absolute Gasteiger partial charge is 0.212 e. The molecule has 8 nitrogen and oxygen atoms in total. The summed E-state index contributed by atoms with van der Waals surface area (Å²) >= 11 is 0. The zero-order valence-electron chi connectivity index (χ0n) is 18.0. The lowest BCUT2D eigenvalue weighted by Crippen LogP contribution is -2.09. The molecule has 31 heavy (non-hydrogen) atoms. The van der Waals surface area contributed by atoms with Gasteiger partial charge in [0.15, 0.2) is 0 Å². The number of anilines is 1. The van der Waals surface area contributed by atoms with Crippen molar-refractivity contribution in [1.29, 1.82) is 0 Å². The molecule has 4 rings (SSSR count). The van der Waals surface area contributed by atoms with Crippen LogP contribution in [0.1, 0.15) is 5.56 Å². The maximum absolute atomic E-state index is 5.46. The van der Waals surface area contributed by atoms with Crippen molar-refractivity contribution >= 4 is 17.0 Å². The molecule has 0 saturated heterocycles. The van der Waals surface area contributed by atoms with Gasteiger partial charge in [-0.1, -0.05) is 0 Å². The standard InChI is InChI=1S/C23H25N5O3/c1-28-20-12-18(16-5-8-22(31-4)26-13-16)25-14-19(20)27-23(28)24-10-9-15-11-17(29-2)6-7-21(15)30-3/h5-8,11-14H,9-10H2,1-4H3,(H,24,27). The van der Waals surface area contributed by atoms with Gasteiger partial charge in [0.25, 0.3) is 0 Å². The fourth-order valence-electron chi connectivity index (χ4n) is 3.45. The highest BCUT2D eigenvalue weighted by Gasteiger charge is 2.11. The molecule has 3 aromatic heterocycles. The lowest BCUT2D eigenvalue weighted by atomic mass is 10.1. The Labute approximate surface area is 180 Å². The van der Waals surface area contributed by atoms with Crippen LogP contribution in [0.2, 0.25) is 0 Å². The van der Waals surface area contributed by atoms with E-state index >= 15 is 0 Å². The molecule has 0 radical (unpaired) electrons. The van der Waals surface area contributed by atoms with Crippen molar-refractivity contribution in [1.82, 2.24) is 19.5 Å². The van der Waals surface area contributed by atoms with Crippen LogP contribution >= 0.6 is 0 Å². The molecule has 0 saturated carbocycles. The molecule has 160 valence electrons. The fourth-order valence-corrected chi connectivity index (χ4v) is 3.45. The highest BCUT2D eigenvalue weighted by atomic mass is 16.5. The number of aryl methyl sites for hydroxylation is 1. The number of benzene rings is 1. The maximum Gasteiger partial charge on any atom is 0.212 e. The molecule has 0 bridgehead atoms. The van der Waals surface area contributed by atoms with Crippen molar-refractivity contribution in [3.63, 3.8) is 0 Å². The van der Waals surface area contributed by atoms with E-state index in [0.717, 1.165) is 51.7 Å². The van der Waals surface area contributed by atoms with Crippen LogP contribution in [0.15, 0.2) is 48.8 Å². The number of fused-ring (bicyclic) bond motifs is 1. The van der Waals surface area contributed by atoms with E-state index in [1.54, 1.807) is 33.7 Å². The Morgan fingerprint density at radius 2 is 1.81 bits per heavy atom. The molecule has 1 aromatic carbocycles. The highest BCUT2D eigenvalue weighted by Crippen LogP contribution is 2.26. The summed E-state index contributed by atoms with van der Waals surface area (Å²) in [7, 11) is 6.92. The van der Waals surface area contributed by atoms with Crippen molar-refractivity contribution < 1.29 is 14.2 Å². The molecule has 1 N–H and O–H groups in total. The monoisotopic (exact) mass is 419 g/mol. The number of hydrogen-bond donors (Lipinski definition) is 1. The highest BCUT2D eigenvalue weighted by molar-refractivity contribution is 5.81. The van der Waals surface area contributed by atoms with Crippen LogP contribution in [0.5, 0.6) is 17.4 Å². The SMILES string of the molecule is COc1ccc(OC)c(CCNc2nc3cnc(-c4ccc(OC)nc4)cc3n2C)c1. The van der Waals surface area contributed by atoms with Gasteiger partial charge in [-0.05, 0) is 42.3 Å². The summed E-state index contributed by atoms with van der Waals surface area (Å²) < 4.78 is 17.9. The number of ether oxygens (including phenoxy) is 3. The van der Waals surface area contributed by atoms with Crippen LogP contribution in [0.25, 0.3) is 22.3 Å². The van der Waals surface area contributed by atoms with Crippen LogP contribution in [-0.4, -0.2) is 47.4 Å². The van der Waals surface area contributed by atoms with Crippen molar-refractivity contribution in [2.45, 2.75) is 6.42 Å². The number of pyridine rings is 2. The topological polar surface area (TPSA) is 83.3 Å². The first-order chi connectivity index (χ1) is 15.1. The summed E-state index contributed by atoms with van der Waals surface area (Å²) in [5.74, 6) is 3.01. The number of aromatic nitrogens is 4. The van der Waals surface area contributed by atoms with Gasteiger partial charge in [-0.15, -0.1) is 0 Å². The largest absolute Gasteiger partial charge is 0.497 e. The van der Waals surface area contributed by atoms with Crippen molar-refractivity contribution in [2.24, 2.45) is 7.05 Å². The predicted molar refractivity (Wildman–Crippen MR) is 120 cm³/mol. The van der Waals surface area contributed by atoms with Gasteiger partial charge >= 0.3 is 0 Å². The van der Waals surface area contributed by atoms with Gasteiger partial charge in [0.1, 0.15) is 17.0 Å². The van der Waals surface area contributed by atoms with E-state index in [9.17, 15) is 0 Å². The summed E-state index contributed by atoms with van der Waals surface area (Å²) in [6.45, 7) is 0.698. The number of methoxy groups -OCH3 is 3. The second kappa shape index (κ2) is 8.91. The number of nitrogens with one attached hydrogen (secondary N) is 1. The second-order valence-corrected chi connectivity index (χ2v) is 7.00. The predicted octanol–water partition coefficient (Wildman–Crippen LogP) is 3.71. The Morgan fingerprint density at radius 3 is 2.52 bits per heavy atom. The van der Waals surface area contributed by atoms with Gasteiger partial charge in [0.2, 0.25) is 11.8 Å². The molecule has 0 aliphatic rings. The number of rotatable bonds is 8. The van der Waals surface area contributed by atoms with E-state index < -0.39 is 0 Å². The number of nitrogens with zero attached hydrogens (tertiary/aromatic N) is 4. The van der Waals surface area contributed by atoms with Crippen LogP contribution in [0.3, 0.4) is 0 Å². The molecular formula is C23H25N5O3. The summed E-state index contributed by atoms with van der Waals surface area (Å²) in [5, 5.41) is 3.41. The molecule has 0 amide bonds. The fraction of sp³-hybridized carbons (Fsp3) is 0.261. The van der Waals surface area contributed by atoms with E-state index in [0.29, 0.717) is 12.4 Å². The normalized spacial score (nSPS) is 10.8. The third-order valence-electron chi connectivity index (χ3n) is 5.17. The van der Waals surface area contributed by atoms with Gasteiger partial charge in [0, 0.05) is 31.4 Å². The molecule has 0 fully saturated rings. The Hall–Kier alpha value is -3.81. The van der Waals surface area contributed by atoms with Crippen LogP contribution < -0.4 is 19.5 Å². The van der Waals surface area contributed by atoms with Crippen molar-refractivity contribution in [3.8, 4) is 28.6 Å². The van der Waals surface area contributed by atoms with Gasteiger partial charge in [-0.25, -0.2) is 9.97 Å². The third-order valence-corrected chi connectivity index (χ3v) is 5.17. The molecule has 0 aliphatic heterocycles. The maximum atomic E-state index is 5.46. The first kappa shape index (κ1) is 20.5. The average Bonchev–Trinajstić information content (AvgIpc) is 3.13. The van der Waals surface area contributed by atoms with Crippen LogP contribution in [0.4, 0.5) is 5.95 Å². The number of imidazole rings is 1. The summed E-state index contributed by atoms with van der Waals surface area (Å²) in [4.78, 5) is 13.5. The zero-order valence-corrected chi connectivity index (χ0v) is 18.0. The molecule has 0 spiro atoms. The molecule has 0 atom stereocenters. The third kappa shape index (κ3) is 4.23. The summed E-state index contributed by atoms with van der Waals surface area (Å²) in [6.07, 6.45) is 4.31. The molecule has 0 unspecified atom stereocenters.